The molecule has 0 aliphatic carbocycles. The summed E-state index contributed by atoms with van der Waals surface area (Å²) in [5.41, 5.74) is -0.250. The zero-order valence-corrected chi connectivity index (χ0v) is 16.3. The van der Waals surface area contributed by atoms with E-state index in [1.54, 1.807) is 19.1 Å². The molecule has 4 rings (SSSR count). The first-order valence-electron chi connectivity index (χ1n) is 9.53. The summed E-state index contributed by atoms with van der Waals surface area (Å²) in [4.78, 5) is 48.9. The lowest BCUT2D eigenvalue weighted by Crippen LogP contribution is -2.42. The minimum Gasteiger partial charge on any atom is -0.294 e. The van der Waals surface area contributed by atoms with Crippen LogP contribution in [-0.2, 0) is 24.6 Å². The molecule has 0 unspecified atom stereocenters. The molecule has 30 heavy (non-hydrogen) atoms. The van der Waals surface area contributed by atoms with Crippen LogP contribution in [0.1, 0.15) is 18.1 Å². The molecule has 146 valence electrons. The predicted molar refractivity (Wildman–Crippen MR) is 115 cm³/mol. The molecule has 0 aromatic heterocycles. The van der Waals surface area contributed by atoms with Crippen molar-refractivity contribution in [3.8, 4) is 0 Å². The van der Waals surface area contributed by atoms with E-state index >= 15 is 0 Å². The molecule has 0 fully saturated rings. The van der Waals surface area contributed by atoms with Gasteiger partial charge in [0.05, 0.1) is 5.41 Å². The van der Waals surface area contributed by atoms with Crippen LogP contribution in [0, 0.1) is 0 Å². The average molecular weight is 394 g/mol. The maximum atomic E-state index is 13.5. The maximum absolute atomic E-state index is 13.5. The molecular weight excluding hydrogens is 376 g/mol. The van der Waals surface area contributed by atoms with Gasteiger partial charge in [-0.25, -0.2) is 0 Å². The van der Waals surface area contributed by atoms with Crippen LogP contribution in [0.5, 0.6) is 0 Å². The molecule has 0 atom stereocenters. The topological polar surface area (TPSA) is 68.3 Å². The number of hydrogen-bond donors (Lipinski definition) is 0. The van der Waals surface area contributed by atoms with Gasteiger partial charge in [-0.15, -0.1) is 0 Å². The van der Waals surface area contributed by atoms with Crippen LogP contribution in [0.25, 0.3) is 21.5 Å². The number of aldehydes is 1. The fourth-order valence-electron chi connectivity index (χ4n) is 4.11. The van der Waals surface area contributed by atoms with Crippen LogP contribution in [0.2, 0.25) is 0 Å². The van der Waals surface area contributed by atoms with Crippen molar-refractivity contribution in [1.82, 2.24) is 0 Å². The summed E-state index contributed by atoms with van der Waals surface area (Å²) in [6, 6.07) is 26.2. The summed E-state index contributed by atoms with van der Waals surface area (Å²) >= 11 is 0. The van der Waals surface area contributed by atoms with Gasteiger partial charge in [0.15, 0.2) is 6.29 Å². The van der Waals surface area contributed by atoms with Gasteiger partial charge in [-0.2, -0.15) is 0 Å². The Kier molecular flexibility index (Phi) is 4.84. The number of hydrogen-bond acceptors (Lipinski definition) is 4. The Morgan fingerprint density at radius 2 is 1.10 bits per heavy atom. The van der Waals surface area contributed by atoms with Gasteiger partial charge in [-0.1, -0.05) is 84.9 Å². The third-order valence-electron chi connectivity index (χ3n) is 5.65. The standard InChI is InChI=1S/C26H18O4/c1-26(25(30)24(29)23(28)16-27,21-14-6-10-17-8-2-4-12-19(17)21)22-15-7-11-18-9-3-5-13-20(18)22/h2-16H,1H3. The van der Waals surface area contributed by atoms with E-state index in [1.165, 1.54) is 0 Å². The molecule has 0 N–H and O–H groups in total. The molecule has 4 heteroatoms. The largest absolute Gasteiger partial charge is 0.294 e. The first-order chi connectivity index (χ1) is 14.5. The van der Waals surface area contributed by atoms with Gasteiger partial charge in [-0.05, 0) is 39.6 Å². The van der Waals surface area contributed by atoms with Crippen LogP contribution in [-0.4, -0.2) is 23.6 Å². The van der Waals surface area contributed by atoms with Crippen LogP contribution in [0.4, 0.5) is 0 Å². The molecule has 0 amide bonds. The first kappa shape index (κ1) is 19.4. The summed E-state index contributed by atoms with van der Waals surface area (Å²) in [5, 5.41) is 3.41. The quantitative estimate of drug-likeness (QED) is 0.279. The van der Waals surface area contributed by atoms with Crippen LogP contribution >= 0.6 is 0 Å². The van der Waals surface area contributed by atoms with E-state index in [0.29, 0.717) is 11.1 Å². The van der Waals surface area contributed by atoms with Crippen molar-refractivity contribution in [2.24, 2.45) is 0 Å². The third kappa shape index (κ3) is 2.94. The van der Waals surface area contributed by atoms with Crippen molar-refractivity contribution < 1.29 is 19.2 Å². The number of rotatable bonds is 6. The van der Waals surface area contributed by atoms with Crippen molar-refractivity contribution in [3.05, 3.63) is 96.1 Å². The van der Waals surface area contributed by atoms with Crippen molar-refractivity contribution in [3.63, 3.8) is 0 Å². The minimum atomic E-state index is -1.46. The van der Waals surface area contributed by atoms with E-state index < -0.39 is 22.8 Å². The Morgan fingerprint density at radius 3 is 1.57 bits per heavy atom. The minimum absolute atomic E-state index is 0.104. The molecule has 0 bridgehead atoms. The number of fused-ring (bicyclic) bond motifs is 2. The van der Waals surface area contributed by atoms with E-state index in [9.17, 15) is 19.2 Å². The van der Waals surface area contributed by atoms with Crippen molar-refractivity contribution in [2.45, 2.75) is 12.3 Å². The zero-order chi connectivity index (χ0) is 21.3. The molecule has 0 saturated carbocycles. The van der Waals surface area contributed by atoms with E-state index in [2.05, 4.69) is 0 Å². The number of carbonyl (C=O) groups excluding carboxylic acids is 4. The highest BCUT2D eigenvalue weighted by Crippen LogP contribution is 2.40. The summed E-state index contributed by atoms with van der Waals surface area (Å²) in [6.45, 7) is 1.65. The predicted octanol–water partition coefficient (Wildman–Crippen LogP) is 4.21. The van der Waals surface area contributed by atoms with Crippen molar-refractivity contribution in [2.75, 3.05) is 0 Å². The maximum Gasteiger partial charge on any atom is 0.273 e. The fourth-order valence-corrected chi connectivity index (χ4v) is 4.11. The second-order valence-corrected chi connectivity index (χ2v) is 7.32. The Labute approximate surface area is 173 Å². The summed E-state index contributed by atoms with van der Waals surface area (Å²) in [7, 11) is 0. The molecule has 0 spiro atoms. The Hall–Kier alpha value is -3.92. The van der Waals surface area contributed by atoms with Crippen LogP contribution in [0.3, 0.4) is 0 Å². The molecular formula is C26H18O4. The van der Waals surface area contributed by atoms with E-state index in [-0.39, 0.29) is 6.29 Å². The lowest BCUT2D eigenvalue weighted by Gasteiger charge is -2.31. The highest BCUT2D eigenvalue weighted by molar-refractivity contribution is 6.75. The lowest BCUT2D eigenvalue weighted by molar-refractivity contribution is -0.147. The summed E-state index contributed by atoms with van der Waals surface area (Å²) < 4.78 is 0. The van der Waals surface area contributed by atoms with Gasteiger partial charge < -0.3 is 0 Å². The highest BCUT2D eigenvalue weighted by atomic mass is 16.2. The molecule has 0 radical (unpaired) electrons. The van der Waals surface area contributed by atoms with E-state index in [4.69, 9.17) is 0 Å². The molecule has 0 heterocycles. The zero-order valence-electron chi connectivity index (χ0n) is 16.3. The van der Waals surface area contributed by atoms with E-state index in [1.807, 2.05) is 72.8 Å². The average Bonchev–Trinajstić information content (AvgIpc) is 2.81. The Morgan fingerprint density at radius 1 is 0.667 bits per heavy atom. The molecule has 0 aliphatic rings. The van der Waals surface area contributed by atoms with Gasteiger partial charge in [0.25, 0.3) is 11.6 Å². The van der Waals surface area contributed by atoms with Gasteiger partial charge >= 0.3 is 0 Å². The second kappa shape index (κ2) is 7.48. The van der Waals surface area contributed by atoms with E-state index in [0.717, 1.165) is 21.5 Å². The smallest absolute Gasteiger partial charge is 0.273 e. The number of ketones is 3. The molecule has 0 saturated heterocycles. The van der Waals surface area contributed by atoms with Gasteiger partial charge in [0.1, 0.15) is 0 Å². The molecule has 4 aromatic carbocycles. The summed E-state index contributed by atoms with van der Waals surface area (Å²) in [6.07, 6.45) is -0.104. The second-order valence-electron chi connectivity index (χ2n) is 7.32. The highest BCUT2D eigenvalue weighted by Gasteiger charge is 2.44. The fraction of sp³-hybridized carbons (Fsp3) is 0.0769. The Bertz CT molecular complexity index is 1240. The SMILES string of the molecule is CC(C(=O)C(=O)C(=O)C=O)(c1cccc2ccccc12)c1cccc2ccccc12. The summed E-state index contributed by atoms with van der Waals surface area (Å²) in [5.74, 6) is -3.58. The number of Topliss-reactive ketones (excluding diaryl/α,β-unsaturated/α-hetero) is 3. The number of benzene rings is 4. The third-order valence-corrected chi connectivity index (χ3v) is 5.65. The van der Waals surface area contributed by atoms with Crippen molar-refractivity contribution in [1.29, 1.82) is 0 Å². The number of carbonyl (C=O) groups is 4. The van der Waals surface area contributed by atoms with Gasteiger partial charge in [0, 0.05) is 0 Å². The molecule has 4 aromatic rings. The molecule has 4 nitrogen and oxygen atoms in total. The van der Waals surface area contributed by atoms with Crippen LogP contribution < -0.4 is 0 Å². The Balaban J connectivity index is 2.10. The normalized spacial score (nSPS) is 11.4. The first-order valence-corrected chi connectivity index (χ1v) is 9.53. The molecule has 0 aliphatic heterocycles. The van der Waals surface area contributed by atoms with Gasteiger partial charge in [0.2, 0.25) is 5.78 Å². The van der Waals surface area contributed by atoms with Gasteiger partial charge in [-0.3, -0.25) is 19.2 Å². The monoisotopic (exact) mass is 394 g/mol. The van der Waals surface area contributed by atoms with Crippen molar-refractivity contribution >= 4 is 45.2 Å². The van der Waals surface area contributed by atoms with Crippen LogP contribution in [0.15, 0.2) is 84.9 Å². The lowest BCUT2D eigenvalue weighted by atomic mass is 9.68.